The second kappa shape index (κ2) is 8.72. The SMILES string of the molecule is C.O=C(O)C1CCCC2=C1C=C(Cl)C2.O=C(O)C1CCCC2=C1C=CC2. The summed E-state index contributed by atoms with van der Waals surface area (Å²) in [6, 6.07) is 0. The van der Waals surface area contributed by atoms with Crippen LogP contribution < -0.4 is 0 Å². The van der Waals surface area contributed by atoms with E-state index in [1.807, 2.05) is 12.2 Å². The van der Waals surface area contributed by atoms with Crippen LogP contribution in [0.25, 0.3) is 0 Å². The fraction of sp³-hybridized carbons (Fsp3) is 0.524. The number of halogens is 1. The van der Waals surface area contributed by atoms with E-state index in [1.54, 1.807) is 0 Å². The monoisotopic (exact) mass is 378 g/mol. The van der Waals surface area contributed by atoms with E-state index in [4.69, 9.17) is 21.8 Å². The molecule has 0 aromatic heterocycles. The summed E-state index contributed by atoms with van der Waals surface area (Å²) in [6.45, 7) is 0. The second-order valence-electron chi connectivity index (χ2n) is 7.06. The van der Waals surface area contributed by atoms with E-state index in [-0.39, 0.29) is 19.3 Å². The summed E-state index contributed by atoms with van der Waals surface area (Å²) in [5.74, 6) is -1.89. The van der Waals surface area contributed by atoms with Crippen LogP contribution in [0.2, 0.25) is 0 Å². The summed E-state index contributed by atoms with van der Waals surface area (Å²) in [5, 5.41) is 18.7. The molecule has 0 amide bonds. The van der Waals surface area contributed by atoms with Crippen molar-refractivity contribution < 1.29 is 19.8 Å². The molecule has 26 heavy (non-hydrogen) atoms. The fourth-order valence-electron chi connectivity index (χ4n) is 4.24. The molecule has 0 bridgehead atoms. The average Bonchev–Trinajstić information content (AvgIpc) is 3.19. The standard InChI is InChI=1S/C10H11ClO2.C10H12O2.CH4/c11-7-4-6-2-1-3-8(10(12)13)9(6)5-7;11-10(12)9-6-2-4-7-3-1-5-8(7)9;/h5,8H,1-4H2,(H,12,13);1,5,9H,2-4,6H2,(H,11,12);1H4. The van der Waals surface area contributed by atoms with Crippen molar-refractivity contribution >= 4 is 23.5 Å². The fourth-order valence-corrected chi connectivity index (χ4v) is 4.52. The molecular formula is C21H27ClO4. The van der Waals surface area contributed by atoms with Crippen LogP contribution in [-0.4, -0.2) is 22.2 Å². The first-order valence-corrected chi connectivity index (χ1v) is 9.27. The van der Waals surface area contributed by atoms with E-state index < -0.39 is 11.9 Å². The molecule has 0 heterocycles. The molecule has 2 N–H and O–H groups in total. The zero-order chi connectivity index (χ0) is 18.0. The Morgan fingerprint density at radius 1 is 0.962 bits per heavy atom. The van der Waals surface area contributed by atoms with Crippen molar-refractivity contribution in [1.82, 2.24) is 0 Å². The lowest BCUT2D eigenvalue weighted by Gasteiger charge is -2.20. The van der Waals surface area contributed by atoms with Crippen molar-refractivity contribution in [2.45, 2.75) is 58.8 Å². The van der Waals surface area contributed by atoms with E-state index in [0.29, 0.717) is 0 Å². The summed E-state index contributed by atoms with van der Waals surface area (Å²) < 4.78 is 0. The minimum absolute atomic E-state index is 0. The molecule has 0 fully saturated rings. The average molecular weight is 379 g/mol. The highest BCUT2D eigenvalue weighted by atomic mass is 35.5. The maximum Gasteiger partial charge on any atom is 0.310 e. The summed E-state index contributed by atoms with van der Waals surface area (Å²) in [5.41, 5.74) is 4.66. The van der Waals surface area contributed by atoms with Gasteiger partial charge in [0.15, 0.2) is 0 Å². The molecule has 4 aliphatic rings. The van der Waals surface area contributed by atoms with E-state index >= 15 is 0 Å². The van der Waals surface area contributed by atoms with Crippen LogP contribution in [0, 0.1) is 11.8 Å². The third-order valence-corrected chi connectivity index (χ3v) is 5.71. The number of carboxylic acid groups (broad SMARTS) is 2. The first-order chi connectivity index (χ1) is 12.0. The molecule has 142 valence electrons. The van der Waals surface area contributed by atoms with Gasteiger partial charge in [-0.15, -0.1) is 0 Å². The van der Waals surface area contributed by atoms with Crippen LogP contribution in [-0.2, 0) is 9.59 Å². The largest absolute Gasteiger partial charge is 0.481 e. The molecule has 0 aromatic rings. The molecule has 2 unspecified atom stereocenters. The first kappa shape index (κ1) is 20.5. The minimum atomic E-state index is -0.713. The third kappa shape index (κ3) is 4.29. The van der Waals surface area contributed by atoms with Crippen LogP contribution in [0.15, 0.2) is 45.6 Å². The second-order valence-corrected chi connectivity index (χ2v) is 7.54. The zero-order valence-corrected chi connectivity index (χ0v) is 14.9. The Morgan fingerprint density at radius 2 is 1.54 bits per heavy atom. The predicted molar refractivity (Wildman–Crippen MR) is 103 cm³/mol. The molecule has 0 spiro atoms. The van der Waals surface area contributed by atoms with Gasteiger partial charge in [0.2, 0.25) is 0 Å². The topological polar surface area (TPSA) is 74.6 Å². The zero-order valence-electron chi connectivity index (χ0n) is 14.1. The van der Waals surface area contributed by atoms with Crippen molar-refractivity contribution in [3.05, 3.63) is 45.6 Å². The van der Waals surface area contributed by atoms with Gasteiger partial charge in [-0.25, -0.2) is 0 Å². The number of hydrogen-bond donors (Lipinski definition) is 2. The molecule has 0 saturated carbocycles. The number of rotatable bonds is 2. The maximum atomic E-state index is 10.9. The smallest absolute Gasteiger partial charge is 0.310 e. The third-order valence-electron chi connectivity index (χ3n) is 5.46. The predicted octanol–water partition coefficient (Wildman–Crippen LogP) is 5.46. The number of carbonyl (C=O) groups is 2. The van der Waals surface area contributed by atoms with Crippen LogP contribution in [0.1, 0.15) is 58.8 Å². The highest BCUT2D eigenvalue weighted by Crippen LogP contribution is 2.40. The van der Waals surface area contributed by atoms with Gasteiger partial charge in [-0.3, -0.25) is 9.59 Å². The summed E-state index contributed by atoms with van der Waals surface area (Å²) in [6.07, 6.45) is 13.4. The highest BCUT2D eigenvalue weighted by Gasteiger charge is 2.30. The van der Waals surface area contributed by atoms with Crippen molar-refractivity contribution in [2.24, 2.45) is 11.8 Å². The van der Waals surface area contributed by atoms with Gasteiger partial charge < -0.3 is 10.2 Å². The molecule has 0 radical (unpaired) electrons. The summed E-state index contributed by atoms with van der Waals surface area (Å²) in [7, 11) is 0. The molecule has 5 heteroatoms. The van der Waals surface area contributed by atoms with E-state index in [0.717, 1.165) is 67.5 Å². The normalized spacial score (nSPS) is 26.3. The Bertz CT molecular complexity index is 712. The number of allylic oxidation sites excluding steroid dienone is 6. The Balaban J connectivity index is 0.000000180. The van der Waals surface area contributed by atoms with Crippen LogP contribution >= 0.6 is 11.6 Å². The van der Waals surface area contributed by atoms with Gasteiger partial charge in [0, 0.05) is 11.5 Å². The maximum absolute atomic E-state index is 10.9. The number of hydrogen-bond acceptors (Lipinski definition) is 2. The Labute approximate surface area is 159 Å². The number of carboxylic acids is 2. The van der Waals surface area contributed by atoms with Gasteiger partial charge in [0.25, 0.3) is 0 Å². The molecular weight excluding hydrogens is 352 g/mol. The van der Waals surface area contributed by atoms with E-state index in [1.165, 1.54) is 11.1 Å². The van der Waals surface area contributed by atoms with Crippen molar-refractivity contribution in [3.8, 4) is 0 Å². The van der Waals surface area contributed by atoms with Crippen molar-refractivity contribution in [3.63, 3.8) is 0 Å². The summed E-state index contributed by atoms with van der Waals surface area (Å²) in [4.78, 5) is 21.7. The van der Waals surface area contributed by atoms with Gasteiger partial charge in [-0.1, -0.05) is 42.3 Å². The minimum Gasteiger partial charge on any atom is -0.481 e. The lowest BCUT2D eigenvalue weighted by Crippen LogP contribution is -2.18. The van der Waals surface area contributed by atoms with Gasteiger partial charge in [0.1, 0.15) is 0 Å². The van der Waals surface area contributed by atoms with Gasteiger partial charge >= 0.3 is 11.9 Å². The molecule has 4 aliphatic carbocycles. The van der Waals surface area contributed by atoms with Crippen LogP contribution in [0.3, 0.4) is 0 Å². The van der Waals surface area contributed by atoms with Gasteiger partial charge in [0.05, 0.1) is 11.8 Å². The Kier molecular flexibility index (Phi) is 6.87. The first-order valence-electron chi connectivity index (χ1n) is 8.89. The van der Waals surface area contributed by atoms with Crippen molar-refractivity contribution in [1.29, 1.82) is 0 Å². The van der Waals surface area contributed by atoms with Crippen molar-refractivity contribution in [2.75, 3.05) is 0 Å². The van der Waals surface area contributed by atoms with Gasteiger partial charge in [-0.05, 0) is 62.2 Å². The lowest BCUT2D eigenvalue weighted by atomic mass is 9.84. The molecule has 0 saturated heterocycles. The number of aliphatic carboxylic acids is 2. The van der Waals surface area contributed by atoms with Crippen LogP contribution in [0.5, 0.6) is 0 Å². The van der Waals surface area contributed by atoms with E-state index in [9.17, 15) is 9.59 Å². The Morgan fingerprint density at radius 3 is 2.15 bits per heavy atom. The highest BCUT2D eigenvalue weighted by molar-refractivity contribution is 6.30. The van der Waals surface area contributed by atoms with E-state index in [2.05, 4.69) is 6.08 Å². The molecule has 4 rings (SSSR count). The molecule has 0 aromatic carbocycles. The summed E-state index contributed by atoms with van der Waals surface area (Å²) >= 11 is 5.88. The quantitative estimate of drug-likeness (QED) is 0.669. The van der Waals surface area contributed by atoms with Crippen LogP contribution in [0.4, 0.5) is 0 Å². The lowest BCUT2D eigenvalue weighted by molar-refractivity contribution is -0.141. The molecule has 4 nitrogen and oxygen atoms in total. The van der Waals surface area contributed by atoms with Gasteiger partial charge in [-0.2, -0.15) is 0 Å². The Hall–Kier alpha value is -1.81. The molecule has 0 aliphatic heterocycles. The molecule has 2 atom stereocenters.